The number of amides is 2. The standard InChI is InChI=1S/C41H39NO13/c1-47-28-11-9-27(10-12-28)41(46)31(36(40(45)55-41)26-8-13-32-33(23-26)54-24-53-32)20-25-21-34(48-2)37(49-3)35(22-25)52-19-18-51-17-16-50-15-14-42-38(43)29-6-4-5-7-30(29)39(42)44/h4-13,21-23,46H,14-20,24H2,1-3H3. The predicted octanol–water partition coefficient (Wildman–Crippen LogP) is 4.55. The van der Waals surface area contributed by atoms with Gasteiger partial charge >= 0.3 is 5.97 Å². The largest absolute Gasteiger partial charge is 0.497 e. The fraction of sp³-hybridized carbons (Fsp3) is 0.293. The second kappa shape index (κ2) is 16.1. The highest BCUT2D eigenvalue weighted by molar-refractivity contribution is 6.21. The minimum atomic E-state index is -2.12. The highest BCUT2D eigenvalue weighted by atomic mass is 16.7. The fourth-order valence-electron chi connectivity index (χ4n) is 6.67. The van der Waals surface area contributed by atoms with Crippen molar-refractivity contribution < 1.29 is 62.1 Å². The van der Waals surface area contributed by atoms with Crippen LogP contribution in [0.4, 0.5) is 0 Å². The number of nitrogens with zero attached hydrogens (tertiary/aromatic N) is 1. The lowest BCUT2D eigenvalue weighted by Crippen LogP contribution is -2.33. The number of methoxy groups -OCH3 is 3. The molecule has 3 heterocycles. The summed E-state index contributed by atoms with van der Waals surface area (Å²) in [6.07, 6.45) is 0.0449. The van der Waals surface area contributed by atoms with E-state index in [1.54, 1.807) is 78.9 Å². The first-order chi connectivity index (χ1) is 26.7. The van der Waals surface area contributed by atoms with Crippen LogP contribution < -0.4 is 28.4 Å². The Balaban J connectivity index is 1.03. The number of esters is 1. The molecule has 0 bridgehead atoms. The molecule has 0 aliphatic carbocycles. The maximum absolute atomic E-state index is 13.6. The second-order valence-electron chi connectivity index (χ2n) is 12.6. The van der Waals surface area contributed by atoms with Crippen molar-refractivity contribution in [2.45, 2.75) is 12.2 Å². The molecule has 4 aromatic rings. The summed E-state index contributed by atoms with van der Waals surface area (Å²) in [7, 11) is 4.52. The molecule has 14 nitrogen and oxygen atoms in total. The van der Waals surface area contributed by atoms with Crippen LogP contribution in [0.25, 0.3) is 5.57 Å². The summed E-state index contributed by atoms with van der Waals surface area (Å²) in [5, 5.41) is 12.2. The topological polar surface area (TPSA) is 158 Å². The minimum Gasteiger partial charge on any atom is -0.497 e. The fourth-order valence-corrected chi connectivity index (χ4v) is 6.67. The van der Waals surface area contributed by atoms with Crippen molar-refractivity contribution in [1.82, 2.24) is 4.90 Å². The third kappa shape index (κ3) is 7.39. The van der Waals surface area contributed by atoms with Crippen molar-refractivity contribution in [1.29, 1.82) is 0 Å². The van der Waals surface area contributed by atoms with Crippen LogP contribution in [-0.2, 0) is 31.2 Å². The lowest BCUT2D eigenvalue weighted by Gasteiger charge is -2.26. The van der Waals surface area contributed by atoms with Crippen LogP contribution in [0.15, 0.2) is 84.4 Å². The Morgan fingerprint density at radius 1 is 0.727 bits per heavy atom. The lowest BCUT2D eigenvalue weighted by atomic mass is 9.88. The third-order valence-corrected chi connectivity index (χ3v) is 9.38. The molecule has 1 atom stereocenters. The van der Waals surface area contributed by atoms with Gasteiger partial charge in [-0.2, -0.15) is 0 Å². The summed E-state index contributed by atoms with van der Waals surface area (Å²) in [4.78, 5) is 39.9. The van der Waals surface area contributed by atoms with Gasteiger partial charge < -0.3 is 47.7 Å². The third-order valence-electron chi connectivity index (χ3n) is 9.38. The molecule has 0 aromatic heterocycles. The van der Waals surface area contributed by atoms with Gasteiger partial charge in [0.15, 0.2) is 23.0 Å². The number of imide groups is 1. The maximum Gasteiger partial charge on any atom is 0.342 e. The molecule has 55 heavy (non-hydrogen) atoms. The van der Waals surface area contributed by atoms with Crippen LogP contribution >= 0.6 is 0 Å². The number of aliphatic hydroxyl groups is 1. The summed E-state index contributed by atoms with van der Waals surface area (Å²) in [5.74, 6) is -0.853. The van der Waals surface area contributed by atoms with E-state index in [2.05, 4.69) is 0 Å². The van der Waals surface area contributed by atoms with Crippen molar-refractivity contribution in [3.05, 3.63) is 112 Å². The average molecular weight is 754 g/mol. The van der Waals surface area contributed by atoms with E-state index >= 15 is 0 Å². The summed E-state index contributed by atoms with van der Waals surface area (Å²) in [5.41, 5.74) is 2.69. The van der Waals surface area contributed by atoms with Crippen LogP contribution in [0.3, 0.4) is 0 Å². The SMILES string of the molecule is COc1ccc(C2(O)OC(=O)C(c3ccc4c(c3)OCO4)=C2Cc2cc(OC)c(OC)c(OCCOCCOCCN3C(=O)c4ccccc4C3=O)c2)cc1. The number of rotatable bonds is 17. The Kier molecular flexibility index (Phi) is 10.9. The van der Waals surface area contributed by atoms with Gasteiger partial charge in [-0.05, 0) is 71.8 Å². The van der Waals surface area contributed by atoms with Crippen LogP contribution in [0.2, 0.25) is 0 Å². The number of carbonyl (C=O) groups excluding carboxylic acids is 3. The zero-order chi connectivity index (χ0) is 38.5. The molecule has 1 N–H and O–H groups in total. The van der Waals surface area contributed by atoms with Gasteiger partial charge in [-0.1, -0.05) is 18.2 Å². The number of carbonyl (C=O) groups is 3. The van der Waals surface area contributed by atoms with E-state index in [-0.39, 0.29) is 75.8 Å². The molecule has 7 rings (SSSR count). The maximum atomic E-state index is 13.6. The van der Waals surface area contributed by atoms with E-state index in [0.717, 1.165) is 0 Å². The average Bonchev–Trinajstić information content (AvgIpc) is 3.85. The Morgan fingerprint density at radius 3 is 2.09 bits per heavy atom. The van der Waals surface area contributed by atoms with E-state index in [4.69, 9.17) is 42.6 Å². The molecular formula is C41H39NO13. The van der Waals surface area contributed by atoms with Crippen molar-refractivity contribution in [2.75, 3.05) is 67.7 Å². The summed E-state index contributed by atoms with van der Waals surface area (Å²) < 4.78 is 50.8. The van der Waals surface area contributed by atoms with Gasteiger partial charge in [-0.3, -0.25) is 14.5 Å². The smallest absolute Gasteiger partial charge is 0.342 e. The second-order valence-corrected chi connectivity index (χ2v) is 12.6. The van der Waals surface area contributed by atoms with Gasteiger partial charge in [0, 0.05) is 17.6 Å². The Hall–Kier alpha value is -6.09. The zero-order valence-electron chi connectivity index (χ0n) is 30.5. The van der Waals surface area contributed by atoms with Crippen LogP contribution in [0.1, 0.15) is 37.4 Å². The monoisotopic (exact) mass is 753 g/mol. The molecule has 0 radical (unpaired) electrons. The summed E-state index contributed by atoms with van der Waals surface area (Å²) in [6, 6.07) is 21.9. The first-order valence-electron chi connectivity index (χ1n) is 17.5. The number of cyclic esters (lactones) is 1. The van der Waals surface area contributed by atoms with Gasteiger partial charge in [0.2, 0.25) is 12.5 Å². The molecular weight excluding hydrogens is 714 g/mol. The van der Waals surface area contributed by atoms with Crippen molar-refractivity contribution in [3.63, 3.8) is 0 Å². The number of benzene rings is 4. The first-order valence-corrected chi connectivity index (χ1v) is 17.5. The van der Waals surface area contributed by atoms with Crippen LogP contribution in [0, 0.1) is 0 Å². The van der Waals surface area contributed by atoms with Gasteiger partial charge in [-0.25, -0.2) is 4.79 Å². The number of ether oxygens (including phenoxy) is 9. The minimum absolute atomic E-state index is 0.0449. The van der Waals surface area contributed by atoms with Gasteiger partial charge in [-0.15, -0.1) is 0 Å². The molecule has 1 unspecified atom stereocenters. The molecule has 0 fully saturated rings. The molecule has 4 aromatic carbocycles. The zero-order valence-corrected chi connectivity index (χ0v) is 30.5. The van der Waals surface area contributed by atoms with Gasteiger partial charge in [0.25, 0.3) is 17.6 Å². The Bertz CT molecular complexity index is 2090. The summed E-state index contributed by atoms with van der Waals surface area (Å²) in [6.45, 7) is 1.21. The van der Waals surface area contributed by atoms with Crippen LogP contribution in [-0.4, -0.2) is 95.5 Å². The molecule has 0 saturated carbocycles. The number of fused-ring (bicyclic) bond motifs is 2. The van der Waals surface area contributed by atoms with Crippen LogP contribution in [0.5, 0.6) is 34.5 Å². The summed E-state index contributed by atoms with van der Waals surface area (Å²) >= 11 is 0. The number of hydrogen-bond donors (Lipinski definition) is 1. The van der Waals surface area contributed by atoms with Crippen molar-refractivity contribution in [3.8, 4) is 34.5 Å². The molecule has 3 aliphatic rings. The molecule has 0 spiro atoms. The van der Waals surface area contributed by atoms with E-state index in [0.29, 0.717) is 62.3 Å². The lowest BCUT2D eigenvalue weighted by molar-refractivity contribution is -0.185. The van der Waals surface area contributed by atoms with Crippen molar-refractivity contribution in [2.24, 2.45) is 0 Å². The number of hydrogen-bond acceptors (Lipinski definition) is 13. The predicted molar refractivity (Wildman–Crippen MR) is 195 cm³/mol. The normalized spacial score (nSPS) is 17.1. The molecule has 14 heteroatoms. The van der Waals surface area contributed by atoms with E-state index in [9.17, 15) is 19.5 Å². The van der Waals surface area contributed by atoms with Crippen molar-refractivity contribution >= 4 is 23.4 Å². The molecule has 286 valence electrons. The first kappa shape index (κ1) is 37.2. The quantitative estimate of drug-likeness (QED) is 0.0911. The highest BCUT2D eigenvalue weighted by Gasteiger charge is 2.48. The Labute approximate surface area is 316 Å². The van der Waals surface area contributed by atoms with E-state index < -0.39 is 11.8 Å². The van der Waals surface area contributed by atoms with E-state index in [1.807, 2.05) is 0 Å². The Morgan fingerprint density at radius 2 is 1.40 bits per heavy atom. The molecule has 3 aliphatic heterocycles. The molecule has 2 amide bonds. The highest BCUT2D eigenvalue weighted by Crippen LogP contribution is 2.48. The van der Waals surface area contributed by atoms with Gasteiger partial charge in [0.1, 0.15) is 12.4 Å². The van der Waals surface area contributed by atoms with Gasteiger partial charge in [0.05, 0.1) is 71.0 Å². The molecule has 0 saturated heterocycles. The van der Waals surface area contributed by atoms with E-state index in [1.165, 1.54) is 26.2 Å².